The summed E-state index contributed by atoms with van der Waals surface area (Å²) in [5.41, 5.74) is 0. The van der Waals surface area contributed by atoms with Crippen LogP contribution in [-0.4, -0.2) is 49.7 Å². The SMILES string of the molecule is [CH2]COC1(N2CCOC23CCO3)CCO1. The molecule has 3 saturated heterocycles. The zero-order valence-corrected chi connectivity index (χ0v) is 8.74. The Morgan fingerprint density at radius 1 is 1.13 bits per heavy atom. The van der Waals surface area contributed by atoms with Crippen molar-refractivity contribution in [3.8, 4) is 0 Å². The molecule has 5 heteroatoms. The van der Waals surface area contributed by atoms with Gasteiger partial charge in [0, 0.05) is 19.4 Å². The Morgan fingerprint density at radius 3 is 2.27 bits per heavy atom. The zero-order chi connectivity index (χ0) is 10.4. The van der Waals surface area contributed by atoms with Crippen LogP contribution in [0.4, 0.5) is 0 Å². The van der Waals surface area contributed by atoms with Crippen LogP contribution in [0.5, 0.6) is 0 Å². The minimum absolute atomic E-state index is 0.395. The van der Waals surface area contributed by atoms with Gasteiger partial charge in [-0.05, 0) is 6.92 Å². The molecule has 0 aromatic rings. The highest BCUT2D eigenvalue weighted by Crippen LogP contribution is 2.45. The van der Waals surface area contributed by atoms with E-state index in [4.69, 9.17) is 18.9 Å². The molecule has 1 spiro atoms. The zero-order valence-electron chi connectivity index (χ0n) is 8.74. The van der Waals surface area contributed by atoms with Gasteiger partial charge in [0.2, 0.25) is 11.8 Å². The molecule has 2 unspecified atom stereocenters. The lowest BCUT2D eigenvalue weighted by Gasteiger charge is -2.54. The van der Waals surface area contributed by atoms with E-state index in [1.165, 1.54) is 0 Å². The largest absolute Gasteiger partial charge is 0.337 e. The molecule has 1 radical (unpaired) electrons. The molecule has 0 saturated carbocycles. The van der Waals surface area contributed by atoms with Crippen molar-refractivity contribution < 1.29 is 18.9 Å². The van der Waals surface area contributed by atoms with Gasteiger partial charge in [-0.25, -0.2) is 0 Å². The van der Waals surface area contributed by atoms with Gasteiger partial charge in [-0.2, -0.15) is 4.90 Å². The minimum Gasteiger partial charge on any atom is -0.337 e. The van der Waals surface area contributed by atoms with E-state index >= 15 is 0 Å². The third-order valence-electron chi connectivity index (χ3n) is 3.28. The lowest BCUT2D eigenvalue weighted by atomic mass is 10.1. The van der Waals surface area contributed by atoms with Crippen molar-refractivity contribution in [1.82, 2.24) is 4.90 Å². The molecule has 0 aromatic carbocycles. The molecule has 3 heterocycles. The Kier molecular flexibility index (Phi) is 2.26. The summed E-state index contributed by atoms with van der Waals surface area (Å²) in [6, 6.07) is 0. The lowest BCUT2D eigenvalue weighted by molar-refractivity contribution is -0.458. The van der Waals surface area contributed by atoms with Gasteiger partial charge in [0.15, 0.2) is 0 Å². The predicted molar refractivity (Wildman–Crippen MR) is 50.6 cm³/mol. The van der Waals surface area contributed by atoms with Crippen molar-refractivity contribution in [2.24, 2.45) is 0 Å². The first-order valence-corrected chi connectivity index (χ1v) is 5.44. The number of rotatable bonds is 3. The molecule has 0 aromatic heterocycles. The Bertz CT molecular complexity index is 250. The molecule has 5 nitrogen and oxygen atoms in total. The van der Waals surface area contributed by atoms with Gasteiger partial charge in [-0.3, -0.25) is 0 Å². The Balaban J connectivity index is 1.79. The summed E-state index contributed by atoms with van der Waals surface area (Å²) in [6.45, 7) is 7.04. The van der Waals surface area contributed by atoms with E-state index in [2.05, 4.69) is 11.8 Å². The van der Waals surface area contributed by atoms with Crippen molar-refractivity contribution in [3.63, 3.8) is 0 Å². The minimum atomic E-state index is -0.640. The quantitative estimate of drug-likeness (QED) is 0.676. The highest BCUT2D eigenvalue weighted by atomic mass is 16.8. The first-order valence-electron chi connectivity index (χ1n) is 5.44. The molecule has 0 N–H and O–H groups in total. The van der Waals surface area contributed by atoms with E-state index in [1.54, 1.807) is 0 Å². The van der Waals surface area contributed by atoms with E-state index in [-0.39, 0.29) is 0 Å². The fourth-order valence-corrected chi connectivity index (χ4v) is 2.42. The molecular weight excluding hydrogens is 198 g/mol. The van der Waals surface area contributed by atoms with Crippen molar-refractivity contribution in [1.29, 1.82) is 0 Å². The summed E-state index contributed by atoms with van der Waals surface area (Å²) in [5, 5.41) is 0. The summed E-state index contributed by atoms with van der Waals surface area (Å²) in [7, 11) is 0. The summed E-state index contributed by atoms with van der Waals surface area (Å²) in [5.74, 6) is -1.21. The van der Waals surface area contributed by atoms with Crippen LogP contribution in [0.15, 0.2) is 0 Å². The topological polar surface area (TPSA) is 40.2 Å². The van der Waals surface area contributed by atoms with Crippen LogP contribution in [0.1, 0.15) is 12.8 Å². The van der Waals surface area contributed by atoms with Crippen LogP contribution in [0.3, 0.4) is 0 Å². The van der Waals surface area contributed by atoms with Crippen molar-refractivity contribution >= 4 is 0 Å². The third-order valence-corrected chi connectivity index (χ3v) is 3.28. The summed E-state index contributed by atoms with van der Waals surface area (Å²) < 4.78 is 22.4. The Hall–Kier alpha value is -0.200. The van der Waals surface area contributed by atoms with Crippen molar-refractivity contribution in [2.45, 2.75) is 24.7 Å². The molecule has 3 rings (SSSR count). The molecule has 3 aliphatic heterocycles. The summed E-state index contributed by atoms with van der Waals surface area (Å²) >= 11 is 0. The predicted octanol–water partition coefficient (Wildman–Crippen LogP) is 0.317. The first-order chi connectivity index (χ1) is 7.31. The smallest absolute Gasteiger partial charge is 0.236 e. The van der Waals surface area contributed by atoms with E-state index in [1.807, 2.05) is 0 Å². The third kappa shape index (κ3) is 1.28. The van der Waals surface area contributed by atoms with Crippen LogP contribution >= 0.6 is 0 Å². The van der Waals surface area contributed by atoms with Gasteiger partial charge in [-0.15, -0.1) is 0 Å². The highest BCUT2D eigenvalue weighted by molar-refractivity contribution is 4.92. The average Bonchev–Trinajstić information content (AvgIpc) is 2.54. The monoisotopic (exact) mass is 214 g/mol. The molecule has 3 aliphatic rings. The van der Waals surface area contributed by atoms with Gasteiger partial charge in [-0.1, -0.05) is 0 Å². The molecule has 0 amide bonds. The second-order valence-electron chi connectivity index (χ2n) is 3.97. The normalized spacial score (nSPS) is 45.4. The molecule has 2 atom stereocenters. The van der Waals surface area contributed by atoms with Gasteiger partial charge < -0.3 is 18.9 Å². The second kappa shape index (κ2) is 3.40. The number of hydrogen-bond acceptors (Lipinski definition) is 5. The van der Waals surface area contributed by atoms with Crippen LogP contribution in [0.25, 0.3) is 0 Å². The van der Waals surface area contributed by atoms with Crippen LogP contribution in [-0.2, 0) is 18.9 Å². The van der Waals surface area contributed by atoms with Crippen LogP contribution in [0, 0.1) is 6.92 Å². The molecule has 0 aliphatic carbocycles. The maximum atomic E-state index is 5.64. The Morgan fingerprint density at radius 2 is 1.80 bits per heavy atom. The van der Waals surface area contributed by atoms with Gasteiger partial charge >= 0.3 is 0 Å². The molecule has 15 heavy (non-hydrogen) atoms. The van der Waals surface area contributed by atoms with E-state index in [0.29, 0.717) is 13.2 Å². The van der Waals surface area contributed by atoms with Gasteiger partial charge in [0.25, 0.3) is 0 Å². The summed E-state index contributed by atoms with van der Waals surface area (Å²) in [6.07, 6.45) is 1.75. The first kappa shape index (κ1) is 9.99. The van der Waals surface area contributed by atoms with Gasteiger partial charge in [0.1, 0.15) is 0 Å². The van der Waals surface area contributed by atoms with E-state index < -0.39 is 11.8 Å². The Labute approximate surface area is 89.2 Å². The standard InChI is InChI=1S/C10H16NO4/c1-2-12-9(3-6-13-9)11-5-8-15-10(11)4-7-14-10/h1-8H2. The molecular formula is C10H16NO4. The molecule has 0 bridgehead atoms. The average molecular weight is 214 g/mol. The fourth-order valence-electron chi connectivity index (χ4n) is 2.42. The van der Waals surface area contributed by atoms with Crippen molar-refractivity contribution in [3.05, 3.63) is 6.92 Å². The van der Waals surface area contributed by atoms with Crippen molar-refractivity contribution in [2.75, 3.05) is 33.0 Å². The number of hydrogen-bond donors (Lipinski definition) is 0. The maximum absolute atomic E-state index is 5.64. The van der Waals surface area contributed by atoms with E-state index in [0.717, 1.165) is 32.6 Å². The number of ether oxygens (including phenoxy) is 4. The molecule has 3 fully saturated rings. The summed E-state index contributed by atoms with van der Waals surface area (Å²) in [4.78, 5) is 2.05. The van der Waals surface area contributed by atoms with Crippen LogP contribution < -0.4 is 0 Å². The maximum Gasteiger partial charge on any atom is 0.236 e. The second-order valence-corrected chi connectivity index (χ2v) is 3.97. The number of nitrogens with zero attached hydrogens (tertiary/aromatic N) is 1. The lowest BCUT2D eigenvalue weighted by Crippen LogP contribution is -2.69. The van der Waals surface area contributed by atoms with Gasteiger partial charge in [0.05, 0.1) is 26.4 Å². The fraction of sp³-hybridized carbons (Fsp3) is 0.900. The highest BCUT2D eigenvalue weighted by Gasteiger charge is 2.61. The molecule has 85 valence electrons. The van der Waals surface area contributed by atoms with Crippen LogP contribution in [0.2, 0.25) is 0 Å². The van der Waals surface area contributed by atoms with E-state index in [9.17, 15) is 0 Å².